The molecule has 1 atom stereocenters. The third-order valence-electron chi connectivity index (χ3n) is 3.19. The zero-order valence-electron chi connectivity index (χ0n) is 10.1. The molecule has 0 radical (unpaired) electrons. The smallest absolute Gasteiger partial charge is 0.121 e. The number of nitrogen functional groups attached to an aromatic ring is 1. The quantitative estimate of drug-likeness (QED) is 0.792. The van der Waals surface area contributed by atoms with Crippen molar-refractivity contribution in [3.63, 3.8) is 0 Å². The van der Waals surface area contributed by atoms with E-state index in [9.17, 15) is 0 Å². The molecule has 1 aliphatic heterocycles. The number of nitrogens with zero attached hydrogens (tertiary/aromatic N) is 1. The Morgan fingerprint density at radius 1 is 1.44 bits per heavy atom. The highest BCUT2D eigenvalue weighted by Gasteiger charge is 2.21. The third-order valence-corrected chi connectivity index (χ3v) is 3.19. The summed E-state index contributed by atoms with van der Waals surface area (Å²) < 4.78 is 5.80. The summed E-state index contributed by atoms with van der Waals surface area (Å²) in [6.07, 6.45) is 2.51. The van der Waals surface area contributed by atoms with Gasteiger partial charge in [0.2, 0.25) is 0 Å². The van der Waals surface area contributed by atoms with Crippen molar-refractivity contribution in [3.8, 4) is 5.75 Å². The fourth-order valence-corrected chi connectivity index (χ4v) is 2.24. The summed E-state index contributed by atoms with van der Waals surface area (Å²) in [5.74, 6) is 0.887. The van der Waals surface area contributed by atoms with Gasteiger partial charge >= 0.3 is 0 Å². The van der Waals surface area contributed by atoms with E-state index in [0.717, 1.165) is 23.6 Å². The highest BCUT2D eigenvalue weighted by atomic mass is 16.5. The van der Waals surface area contributed by atoms with E-state index in [1.165, 1.54) is 19.4 Å². The summed E-state index contributed by atoms with van der Waals surface area (Å²) in [4.78, 5) is 2.36. The lowest BCUT2D eigenvalue weighted by Crippen LogP contribution is -2.30. The Labute approximate surface area is 97.2 Å². The minimum atomic E-state index is 0.557. The Bertz CT molecular complexity index is 345. The van der Waals surface area contributed by atoms with Crippen LogP contribution >= 0.6 is 0 Å². The van der Waals surface area contributed by atoms with E-state index in [2.05, 4.69) is 11.9 Å². The molecule has 3 heteroatoms. The van der Waals surface area contributed by atoms with Gasteiger partial charge in [-0.1, -0.05) is 0 Å². The molecule has 1 saturated heterocycles. The van der Waals surface area contributed by atoms with E-state index in [0.29, 0.717) is 6.04 Å². The lowest BCUT2D eigenvalue weighted by Gasteiger charge is -2.19. The van der Waals surface area contributed by atoms with Crippen molar-refractivity contribution in [1.29, 1.82) is 0 Å². The molecule has 1 aromatic rings. The first-order valence-electron chi connectivity index (χ1n) is 5.85. The first kappa shape index (κ1) is 11.3. The Kier molecular flexibility index (Phi) is 3.34. The Balaban J connectivity index is 1.94. The standard InChI is InChI=1S/C13H20N2O/c1-10-6-11(14)8-13(7-10)16-9-12-4-3-5-15(12)2/h6-8,12H,3-5,9,14H2,1-2H3/t12-/m0/s1. The van der Waals surface area contributed by atoms with Crippen LogP contribution in [-0.2, 0) is 0 Å². The molecule has 0 unspecified atom stereocenters. The maximum atomic E-state index is 5.80. The molecular weight excluding hydrogens is 200 g/mol. The largest absolute Gasteiger partial charge is 0.492 e. The van der Waals surface area contributed by atoms with Crippen molar-refractivity contribution in [2.45, 2.75) is 25.8 Å². The highest BCUT2D eigenvalue weighted by Crippen LogP contribution is 2.20. The molecule has 16 heavy (non-hydrogen) atoms. The van der Waals surface area contributed by atoms with Gasteiger partial charge in [0.25, 0.3) is 0 Å². The molecule has 2 N–H and O–H groups in total. The van der Waals surface area contributed by atoms with E-state index in [4.69, 9.17) is 10.5 Å². The molecule has 1 aliphatic rings. The topological polar surface area (TPSA) is 38.5 Å². The van der Waals surface area contributed by atoms with Crippen LogP contribution in [0, 0.1) is 6.92 Å². The number of likely N-dealkylation sites (N-methyl/N-ethyl adjacent to an activating group) is 1. The van der Waals surface area contributed by atoms with Crippen LogP contribution in [0.4, 0.5) is 5.69 Å². The lowest BCUT2D eigenvalue weighted by atomic mass is 10.2. The number of rotatable bonds is 3. The van der Waals surface area contributed by atoms with Gasteiger partial charge in [0.05, 0.1) is 0 Å². The van der Waals surface area contributed by atoms with Gasteiger partial charge in [-0.15, -0.1) is 0 Å². The van der Waals surface area contributed by atoms with Gasteiger partial charge in [0.1, 0.15) is 12.4 Å². The number of nitrogens with two attached hydrogens (primary N) is 1. The molecular formula is C13H20N2O. The summed E-state index contributed by atoms with van der Waals surface area (Å²) in [5, 5.41) is 0. The van der Waals surface area contributed by atoms with Crippen LogP contribution in [0.25, 0.3) is 0 Å². The highest BCUT2D eigenvalue weighted by molar-refractivity contribution is 5.47. The monoisotopic (exact) mass is 220 g/mol. The van der Waals surface area contributed by atoms with Gasteiger partial charge in [-0.2, -0.15) is 0 Å². The van der Waals surface area contributed by atoms with Gasteiger partial charge in [-0.3, -0.25) is 0 Å². The second kappa shape index (κ2) is 4.74. The van der Waals surface area contributed by atoms with Crippen LogP contribution in [0.3, 0.4) is 0 Å². The van der Waals surface area contributed by atoms with E-state index in [1.54, 1.807) is 0 Å². The maximum absolute atomic E-state index is 5.80. The summed E-state index contributed by atoms with van der Waals surface area (Å²) in [6, 6.07) is 6.43. The number of aryl methyl sites for hydroxylation is 1. The first-order chi connectivity index (χ1) is 7.65. The molecule has 0 saturated carbocycles. The number of hydrogen-bond donors (Lipinski definition) is 1. The Morgan fingerprint density at radius 2 is 2.25 bits per heavy atom. The van der Waals surface area contributed by atoms with Gasteiger partial charge < -0.3 is 15.4 Å². The molecule has 0 spiro atoms. The fourth-order valence-electron chi connectivity index (χ4n) is 2.24. The normalized spacial score (nSPS) is 21.2. The summed E-state index contributed by atoms with van der Waals surface area (Å²) in [5.41, 5.74) is 7.70. The number of anilines is 1. The van der Waals surface area contributed by atoms with E-state index in [1.807, 2.05) is 25.1 Å². The van der Waals surface area contributed by atoms with Crippen molar-refractivity contribution in [2.75, 3.05) is 25.9 Å². The average molecular weight is 220 g/mol. The molecule has 0 aromatic heterocycles. The molecule has 3 nitrogen and oxygen atoms in total. The third kappa shape index (κ3) is 2.67. The van der Waals surface area contributed by atoms with Crippen molar-refractivity contribution < 1.29 is 4.74 Å². The summed E-state index contributed by atoms with van der Waals surface area (Å²) >= 11 is 0. The molecule has 0 amide bonds. The second-order valence-electron chi connectivity index (χ2n) is 4.67. The molecule has 0 bridgehead atoms. The minimum absolute atomic E-state index is 0.557. The molecule has 2 rings (SSSR count). The zero-order valence-corrected chi connectivity index (χ0v) is 10.1. The fraction of sp³-hybridized carbons (Fsp3) is 0.538. The number of hydrogen-bond acceptors (Lipinski definition) is 3. The molecule has 0 aliphatic carbocycles. The Morgan fingerprint density at radius 3 is 2.88 bits per heavy atom. The predicted molar refractivity (Wildman–Crippen MR) is 66.7 cm³/mol. The SMILES string of the molecule is Cc1cc(N)cc(OC[C@@H]2CCCN2C)c1. The van der Waals surface area contributed by atoms with Crippen molar-refractivity contribution >= 4 is 5.69 Å². The van der Waals surface area contributed by atoms with Crippen LogP contribution in [0.1, 0.15) is 18.4 Å². The summed E-state index contributed by atoms with van der Waals surface area (Å²) in [7, 11) is 2.16. The van der Waals surface area contributed by atoms with E-state index < -0.39 is 0 Å². The maximum Gasteiger partial charge on any atom is 0.121 e. The zero-order chi connectivity index (χ0) is 11.5. The van der Waals surface area contributed by atoms with E-state index >= 15 is 0 Å². The van der Waals surface area contributed by atoms with Crippen LogP contribution in [0.2, 0.25) is 0 Å². The van der Waals surface area contributed by atoms with Crippen LogP contribution in [0.5, 0.6) is 5.75 Å². The number of benzene rings is 1. The molecule has 1 fully saturated rings. The molecule has 88 valence electrons. The van der Waals surface area contributed by atoms with Crippen LogP contribution in [-0.4, -0.2) is 31.1 Å². The van der Waals surface area contributed by atoms with Gasteiger partial charge in [-0.25, -0.2) is 0 Å². The van der Waals surface area contributed by atoms with Gasteiger partial charge in [0.15, 0.2) is 0 Å². The van der Waals surface area contributed by atoms with Gasteiger partial charge in [0, 0.05) is 17.8 Å². The number of ether oxygens (including phenoxy) is 1. The first-order valence-corrected chi connectivity index (χ1v) is 5.85. The molecule has 1 heterocycles. The summed E-state index contributed by atoms with van der Waals surface area (Å²) in [6.45, 7) is 3.98. The Hall–Kier alpha value is -1.22. The van der Waals surface area contributed by atoms with Gasteiger partial charge in [-0.05, 0) is 51.1 Å². The lowest BCUT2D eigenvalue weighted by molar-refractivity contribution is 0.198. The van der Waals surface area contributed by atoms with Crippen LogP contribution in [0.15, 0.2) is 18.2 Å². The number of likely N-dealkylation sites (tertiary alicyclic amines) is 1. The van der Waals surface area contributed by atoms with Crippen molar-refractivity contribution in [3.05, 3.63) is 23.8 Å². The predicted octanol–water partition coefficient (Wildman–Crippen LogP) is 2.05. The van der Waals surface area contributed by atoms with Crippen molar-refractivity contribution in [2.24, 2.45) is 0 Å². The second-order valence-corrected chi connectivity index (χ2v) is 4.67. The minimum Gasteiger partial charge on any atom is -0.492 e. The molecule has 1 aromatic carbocycles. The van der Waals surface area contributed by atoms with E-state index in [-0.39, 0.29) is 0 Å². The van der Waals surface area contributed by atoms with Crippen molar-refractivity contribution in [1.82, 2.24) is 4.90 Å². The average Bonchev–Trinajstić information content (AvgIpc) is 2.59. The van der Waals surface area contributed by atoms with Crippen LogP contribution < -0.4 is 10.5 Å².